The van der Waals surface area contributed by atoms with Crippen molar-refractivity contribution >= 4 is 16.8 Å². The second kappa shape index (κ2) is 8.29. The van der Waals surface area contributed by atoms with Gasteiger partial charge in [0.2, 0.25) is 5.88 Å². The minimum absolute atomic E-state index is 0.0332. The van der Waals surface area contributed by atoms with Crippen LogP contribution in [0.5, 0.6) is 11.9 Å². The maximum Gasteiger partial charge on any atom is 0.316 e. The molecular formula is C23H24FN5O3. The van der Waals surface area contributed by atoms with Crippen LogP contribution >= 0.6 is 0 Å². The highest BCUT2D eigenvalue weighted by atomic mass is 19.1. The smallest absolute Gasteiger partial charge is 0.316 e. The van der Waals surface area contributed by atoms with Crippen LogP contribution in [0.4, 0.5) is 4.39 Å². The fraction of sp³-hybridized carbons (Fsp3) is 0.435. The number of nitrogens with one attached hydrogen (secondary N) is 1. The fourth-order valence-electron chi connectivity index (χ4n) is 5.05. The minimum atomic E-state index is -0.338. The van der Waals surface area contributed by atoms with Crippen molar-refractivity contribution in [2.45, 2.75) is 38.3 Å². The van der Waals surface area contributed by atoms with Gasteiger partial charge in [0.05, 0.1) is 23.6 Å². The Morgan fingerprint density at radius 2 is 1.94 bits per heavy atom. The summed E-state index contributed by atoms with van der Waals surface area (Å²) in [4.78, 5) is 29.0. The molecule has 2 saturated carbocycles. The normalized spacial score (nSPS) is 22.9. The summed E-state index contributed by atoms with van der Waals surface area (Å²) in [6.45, 7) is 2.08. The van der Waals surface area contributed by atoms with Crippen LogP contribution < -0.4 is 14.8 Å². The Hall–Kier alpha value is -3.36. The maximum absolute atomic E-state index is 13.7. The van der Waals surface area contributed by atoms with E-state index in [0.717, 1.165) is 19.3 Å². The van der Waals surface area contributed by atoms with Gasteiger partial charge in [0.15, 0.2) is 0 Å². The molecule has 0 saturated heterocycles. The standard InChI is InChI=1S/C23H24FN5O3/c1-3-18(29-21(30)12-9-25-23(31-2)26-10-12)20-15-7-14(8-16(15)20)32-22-17-6-13(24)4-5-19(17)27-11-28-22/h4-6,9-11,14-16,18,20H,3,7-8H2,1-2H3,(H,29,30)/t14?,15-,16-,18-,20?/m0/s1. The first-order chi connectivity index (χ1) is 15.6. The summed E-state index contributed by atoms with van der Waals surface area (Å²) < 4.78 is 24.8. The Balaban J connectivity index is 1.20. The van der Waals surface area contributed by atoms with Gasteiger partial charge in [0.1, 0.15) is 18.2 Å². The summed E-state index contributed by atoms with van der Waals surface area (Å²) >= 11 is 0. The SMILES string of the molecule is CC[C@H](NC(=O)c1cnc(OC)nc1)C1[C@H]2CC(Oc3ncnc4ccc(F)cc34)C[C@H]12. The van der Waals surface area contributed by atoms with Crippen LogP contribution in [0.2, 0.25) is 0 Å². The Morgan fingerprint density at radius 1 is 1.19 bits per heavy atom. The number of fused-ring (bicyclic) bond motifs is 2. The fourth-order valence-corrected chi connectivity index (χ4v) is 5.05. The van der Waals surface area contributed by atoms with Crippen LogP contribution in [0.3, 0.4) is 0 Å². The lowest BCUT2D eigenvalue weighted by Crippen LogP contribution is -2.38. The molecule has 0 radical (unpaired) electrons. The molecule has 2 aliphatic rings. The largest absolute Gasteiger partial charge is 0.474 e. The van der Waals surface area contributed by atoms with Gasteiger partial charge in [0, 0.05) is 18.4 Å². The number of benzene rings is 1. The van der Waals surface area contributed by atoms with Crippen molar-refractivity contribution < 1.29 is 18.7 Å². The Kier molecular flexibility index (Phi) is 5.32. The molecule has 2 aliphatic carbocycles. The highest BCUT2D eigenvalue weighted by Gasteiger charge is 2.59. The molecule has 2 heterocycles. The van der Waals surface area contributed by atoms with Crippen molar-refractivity contribution in [1.82, 2.24) is 25.3 Å². The second-order valence-corrected chi connectivity index (χ2v) is 8.40. The summed E-state index contributed by atoms with van der Waals surface area (Å²) in [6.07, 6.45) is 7.07. The number of nitrogens with zero attached hydrogens (tertiary/aromatic N) is 4. The van der Waals surface area contributed by atoms with E-state index in [1.807, 2.05) is 0 Å². The van der Waals surface area contributed by atoms with Gasteiger partial charge in [-0.2, -0.15) is 0 Å². The number of methoxy groups -OCH3 is 1. The van der Waals surface area contributed by atoms with Crippen molar-refractivity contribution in [3.8, 4) is 11.9 Å². The maximum atomic E-state index is 13.7. The molecule has 2 aromatic heterocycles. The van der Waals surface area contributed by atoms with Crippen LogP contribution in [0, 0.1) is 23.6 Å². The van der Waals surface area contributed by atoms with E-state index in [9.17, 15) is 9.18 Å². The van der Waals surface area contributed by atoms with Gasteiger partial charge in [-0.25, -0.2) is 24.3 Å². The molecule has 0 unspecified atom stereocenters. The average molecular weight is 437 g/mol. The molecule has 8 nitrogen and oxygen atoms in total. The molecule has 3 aromatic rings. The number of carbonyl (C=O) groups excluding carboxylic acids is 1. The van der Waals surface area contributed by atoms with Crippen molar-refractivity contribution in [2.24, 2.45) is 17.8 Å². The van der Waals surface area contributed by atoms with Gasteiger partial charge in [-0.1, -0.05) is 6.92 Å². The molecule has 0 spiro atoms. The molecule has 1 amide bonds. The summed E-state index contributed by atoms with van der Waals surface area (Å²) in [7, 11) is 1.48. The van der Waals surface area contributed by atoms with Gasteiger partial charge < -0.3 is 14.8 Å². The number of rotatable bonds is 7. The van der Waals surface area contributed by atoms with Crippen molar-refractivity contribution in [3.63, 3.8) is 0 Å². The number of hydrogen-bond donors (Lipinski definition) is 1. The zero-order valence-corrected chi connectivity index (χ0v) is 17.9. The topological polar surface area (TPSA) is 99.1 Å². The van der Waals surface area contributed by atoms with E-state index in [1.165, 1.54) is 38.0 Å². The van der Waals surface area contributed by atoms with E-state index in [0.29, 0.717) is 40.1 Å². The number of aromatic nitrogens is 4. The Bertz CT molecular complexity index is 1130. The van der Waals surface area contributed by atoms with Crippen LogP contribution in [0.15, 0.2) is 36.9 Å². The van der Waals surface area contributed by atoms with E-state index in [-0.39, 0.29) is 29.9 Å². The number of amides is 1. The second-order valence-electron chi connectivity index (χ2n) is 8.40. The van der Waals surface area contributed by atoms with Crippen LogP contribution in [-0.2, 0) is 0 Å². The molecule has 1 aromatic carbocycles. The first-order valence-corrected chi connectivity index (χ1v) is 10.8. The first-order valence-electron chi connectivity index (χ1n) is 10.8. The molecular weight excluding hydrogens is 413 g/mol. The lowest BCUT2D eigenvalue weighted by Gasteiger charge is -2.22. The van der Waals surface area contributed by atoms with E-state index in [4.69, 9.17) is 9.47 Å². The zero-order chi connectivity index (χ0) is 22.2. The van der Waals surface area contributed by atoms with Crippen molar-refractivity contribution in [1.29, 1.82) is 0 Å². The predicted molar refractivity (Wildman–Crippen MR) is 114 cm³/mol. The number of halogens is 1. The summed E-state index contributed by atoms with van der Waals surface area (Å²) in [5, 5.41) is 3.73. The van der Waals surface area contributed by atoms with Crippen LogP contribution in [0.1, 0.15) is 36.5 Å². The third-order valence-electron chi connectivity index (χ3n) is 6.60. The summed E-state index contributed by atoms with van der Waals surface area (Å²) in [5.74, 6) is 1.35. The van der Waals surface area contributed by atoms with E-state index in [1.54, 1.807) is 6.07 Å². The zero-order valence-electron chi connectivity index (χ0n) is 17.9. The quantitative estimate of drug-likeness (QED) is 0.606. The molecule has 3 atom stereocenters. The molecule has 166 valence electrons. The lowest BCUT2D eigenvalue weighted by atomic mass is 10.00. The van der Waals surface area contributed by atoms with Gasteiger partial charge in [-0.05, 0) is 55.2 Å². The van der Waals surface area contributed by atoms with E-state index in [2.05, 4.69) is 32.2 Å². The van der Waals surface area contributed by atoms with Gasteiger partial charge >= 0.3 is 6.01 Å². The molecule has 32 heavy (non-hydrogen) atoms. The Morgan fingerprint density at radius 3 is 2.62 bits per heavy atom. The van der Waals surface area contributed by atoms with Gasteiger partial charge in [-0.15, -0.1) is 0 Å². The molecule has 5 rings (SSSR count). The number of hydrogen-bond acceptors (Lipinski definition) is 7. The lowest BCUT2D eigenvalue weighted by molar-refractivity contribution is 0.0923. The number of carbonyl (C=O) groups is 1. The molecule has 9 heteroatoms. The van der Waals surface area contributed by atoms with Crippen LogP contribution in [0.25, 0.3) is 10.9 Å². The minimum Gasteiger partial charge on any atom is -0.474 e. The van der Waals surface area contributed by atoms with Gasteiger partial charge in [-0.3, -0.25) is 4.79 Å². The molecule has 2 fully saturated rings. The van der Waals surface area contributed by atoms with E-state index < -0.39 is 0 Å². The van der Waals surface area contributed by atoms with Crippen LogP contribution in [-0.4, -0.2) is 45.1 Å². The highest BCUT2D eigenvalue weighted by molar-refractivity contribution is 5.93. The van der Waals surface area contributed by atoms with Gasteiger partial charge in [0.25, 0.3) is 5.91 Å². The summed E-state index contributed by atoms with van der Waals surface area (Å²) in [6, 6.07) is 4.74. The Labute approximate surface area is 184 Å². The predicted octanol–water partition coefficient (Wildman–Crippen LogP) is 3.18. The number of ether oxygens (including phenoxy) is 2. The monoisotopic (exact) mass is 437 g/mol. The summed E-state index contributed by atoms with van der Waals surface area (Å²) in [5.41, 5.74) is 1.08. The van der Waals surface area contributed by atoms with Crippen molar-refractivity contribution in [3.05, 3.63) is 48.3 Å². The first kappa shape index (κ1) is 20.5. The highest BCUT2D eigenvalue weighted by Crippen LogP contribution is 2.60. The average Bonchev–Trinajstić information content (AvgIpc) is 3.31. The molecule has 1 N–H and O–H groups in total. The molecule has 0 aliphatic heterocycles. The van der Waals surface area contributed by atoms with E-state index >= 15 is 0 Å². The van der Waals surface area contributed by atoms with Crippen molar-refractivity contribution in [2.75, 3.05) is 7.11 Å². The third kappa shape index (κ3) is 3.83. The third-order valence-corrected chi connectivity index (χ3v) is 6.60. The molecule has 0 bridgehead atoms.